The Balaban J connectivity index is 1.89. The van der Waals surface area contributed by atoms with Crippen LogP contribution in [-0.2, 0) is 4.74 Å². The Morgan fingerprint density at radius 3 is 2.67 bits per heavy atom. The van der Waals surface area contributed by atoms with Crippen LogP contribution in [0.3, 0.4) is 0 Å². The first kappa shape index (κ1) is 10.9. The lowest BCUT2D eigenvalue weighted by Gasteiger charge is -2.29. The number of aliphatic hydroxyl groups excluding tert-OH is 1. The van der Waals surface area contributed by atoms with Gasteiger partial charge in [-0.05, 0) is 6.92 Å². The summed E-state index contributed by atoms with van der Waals surface area (Å²) in [6.45, 7) is 6.24. The third-order valence-corrected chi connectivity index (χ3v) is 3.15. The number of aliphatic hydroxyl groups is 1. The first-order valence-electron chi connectivity index (χ1n) is 5.44. The summed E-state index contributed by atoms with van der Waals surface area (Å²) >= 11 is 0. The summed E-state index contributed by atoms with van der Waals surface area (Å²) in [5.41, 5.74) is 0. The maximum atomic E-state index is 9.91. The minimum absolute atomic E-state index is 0.00639. The van der Waals surface area contributed by atoms with Gasteiger partial charge in [0.05, 0.1) is 19.0 Å². The summed E-state index contributed by atoms with van der Waals surface area (Å²) in [6, 6.07) is -0.00639. The predicted molar refractivity (Wildman–Crippen MR) is 57.9 cm³/mol. The van der Waals surface area contributed by atoms with Gasteiger partial charge in [0, 0.05) is 26.7 Å². The lowest BCUT2D eigenvalue weighted by atomic mass is 10.2. The second kappa shape index (κ2) is 4.47. The molecule has 15 heavy (non-hydrogen) atoms. The van der Waals surface area contributed by atoms with Gasteiger partial charge in [0.1, 0.15) is 6.04 Å². The van der Waals surface area contributed by atoms with E-state index in [0.29, 0.717) is 0 Å². The third-order valence-electron chi connectivity index (χ3n) is 3.15. The number of hydrogen-bond acceptors (Lipinski definition) is 5. The molecular formula is C10H19N3O2. The van der Waals surface area contributed by atoms with Gasteiger partial charge in [0.2, 0.25) is 0 Å². The third kappa shape index (κ3) is 2.30. The van der Waals surface area contributed by atoms with Gasteiger partial charge in [-0.25, -0.2) is 0 Å². The molecule has 0 aromatic carbocycles. The van der Waals surface area contributed by atoms with Crippen molar-refractivity contribution in [3.63, 3.8) is 0 Å². The minimum atomic E-state index is -0.465. The van der Waals surface area contributed by atoms with Crippen molar-refractivity contribution in [3.8, 4) is 0 Å². The Labute approximate surface area is 90.3 Å². The first-order chi connectivity index (χ1) is 7.18. The quantitative estimate of drug-likeness (QED) is 0.663. The molecule has 2 unspecified atom stereocenters. The molecule has 0 bridgehead atoms. The highest BCUT2D eigenvalue weighted by Gasteiger charge is 2.31. The molecule has 2 aliphatic heterocycles. The molecule has 0 radical (unpaired) electrons. The fourth-order valence-corrected chi connectivity index (χ4v) is 2.03. The number of ether oxygens (including phenoxy) is 1. The van der Waals surface area contributed by atoms with Crippen LogP contribution >= 0.6 is 0 Å². The average molecular weight is 213 g/mol. The lowest BCUT2D eigenvalue weighted by Crippen LogP contribution is -2.45. The highest BCUT2D eigenvalue weighted by Crippen LogP contribution is 2.15. The van der Waals surface area contributed by atoms with Crippen molar-refractivity contribution in [1.82, 2.24) is 9.80 Å². The summed E-state index contributed by atoms with van der Waals surface area (Å²) in [4.78, 5) is 8.58. The van der Waals surface area contributed by atoms with E-state index in [2.05, 4.69) is 9.89 Å². The summed E-state index contributed by atoms with van der Waals surface area (Å²) in [5, 5.41) is 9.91. The molecule has 0 aromatic heterocycles. The molecule has 0 aliphatic carbocycles. The number of rotatable bonds is 2. The van der Waals surface area contributed by atoms with Crippen molar-refractivity contribution < 1.29 is 9.84 Å². The van der Waals surface area contributed by atoms with Crippen LogP contribution in [-0.4, -0.2) is 72.9 Å². The molecule has 0 spiro atoms. The Kier molecular flexibility index (Phi) is 3.23. The average Bonchev–Trinajstić information content (AvgIpc) is 2.48. The van der Waals surface area contributed by atoms with Crippen molar-refractivity contribution in [2.75, 3.05) is 39.9 Å². The number of morpholine rings is 1. The zero-order valence-corrected chi connectivity index (χ0v) is 9.39. The Morgan fingerprint density at radius 2 is 2.13 bits per heavy atom. The number of hydrogen-bond donors (Lipinski definition) is 1. The van der Waals surface area contributed by atoms with E-state index in [1.54, 1.807) is 0 Å². The Bertz CT molecular complexity index is 251. The number of nitrogens with zero attached hydrogens (tertiary/aromatic N) is 3. The molecule has 1 N–H and O–H groups in total. The number of likely N-dealkylation sites (N-methyl/N-ethyl adjacent to an activating group) is 1. The van der Waals surface area contributed by atoms with Crippen molar-refractivity contribution in [3.05, 3.63) is 0 Å². The van der Waals surface area contributed by atoms with Gasteiger partial charge in [0.15, 0.2) is 6.23 Å². The summed E-state index contributed by atoms with van der Waals surface area (Å²) in [6.07, 6.45) is -0.465. The van der Waals surface area contributed by atoms with Crippen molar-refractivity contribution >= 4 is 5.84 Å². The van der Waals surface area contributed by atoms with Crippen molar-refractivity contribution in [1.29, 1.82) is 0 Å². The molecule has 5 heteroatoms. The largest absolute Gasteiger partial charge is 0.379 e. The number of aliphatic imine (C=N–C) groups is 1. The lowest BCUT2D eigenvalue weighted by molar-refractivity contribution is 0.0115. The molecule has 2 atom stereocenters. The smallest absolute Gasteiger partial charge is 0.151 e. The van der Waals surface area contributed by atoms with Gasteiger partial charge in [-0.15, -0.1) is 0 Å². The molecule has 5 nitrogen and oxygen atoms in total. The molecule has 2 heterocycles. The molecule has 2 rings (SSSR count). The predicted octanol–water partition coefficient (Wildman–Crippen LogP) is -0.631. The van der Waals surface area contributed by atoms with E-state index in [0.717, 1.165) is 38.7 Å². The fourth-order valence-electron chi connectivity index (χ4n) is 2.03. The van der Waals surface area contributed by atoms with Crippen LogP contribution in [0.2, 0.25) is 0 Å². The second-order valence-corrected chi connectivity index (χ2v) is 4.18. The van der Waals surface area contributed by atoms with Crippen LogP contribution in [0.4, 0.5) is 0 Å². The normalized spacial score (nSPS) is 33.3. The maximum Gasteiger partial charge on any atom is 0.151 e. The van der Waals surface area contributed by atoms with Crippen LogP contribution in [0.5, 0.6) is 0 Å². The standard InChI is InChI=1S/C10H19N3O2/c1-8-11-9(10(14)12(8)2)7-13-3-5-15-6-4-13/h9-10,14H,3-7H2,1-2H3. The zero-order valence-electron chi connectivity index (χ0n) is 9.39. The van der Waals surface area contributed by atoms with E-state index in [4.69, 9.17) is 4.74 Å². The molecule has 1 saturated heterocycles. The van der Waals surface area contributed by atoms with Crippen molar-refractivity contribution in [2.24, 2.45) is 4.99 Å². The van der Waals surface area contributed by atoms with E-state index < -0.39 is 6.23 Å². The van der Waals surface area contributed by atoms with Crippen LogP contribution in [0, 0.1) is 0 Å². The summed E-state index contributed by atoms with van der Waals surface area (Å²) in [5.74, 6) is 0.917. The molecule has 86 valence electrons. The van der Waals surface area contributed by atoms with Gasteiger partial charge in [0.25, 0.3) is 0 Å². The highest BCUT2D eigenvalue weighted by atomic mass is 16.5. The number of amidine groups is 1. The summed E-state index contributed by atoms with van der Waals surface area (Å²) < 4.78 is 5.28. The molecule has 0 amide bonds. The van der Waals surface area contributed by atoms with E-state index in [1.165, 1.54) is 0 Å². The second-order valence-electron chi connectivity index (χ2n) is 4.18. The monoisotopic (exact) mass is 213 g/mol. The van der Waals surface area contributed by atoms with Gasteiger partial charge in [-0.2, -0.15) is 0 Å². The molecular weight excluding hydrogens is 194 g/mol. The molecule has 0 aromatic rings. The van der Waals surface area contributed by atoms with E-state index >= 15 is 0 Å². The van der Waals surface area contributed by atoms with E-state index in [-0.39, 0.29) is 6.04 Å². The molecule has 1 fully saturated rings. The zero-order chi connectivity index (χ0) is 10.8. The first-order valence-corrected chi connectivity index (χ1v) is 5.44. The summed E-state index contributed by atoms with van der Waals surface area (Å²) in [7, 11) is 1.88. The van der Waals surface area contributed by atoms with Gasteiger partial charge in [-0.1, -0.05) is 0 Å². The van der Waals surface area contributed by atoms with Gasteiger partial charge < -0.3 is 14.7 Å². The van der Waals surface area contributed by atoms with E-state index in [1.807, 2.05) is 18.9 Å². The Hall–Kier alpha value is -0.650. The topological polar surface area (TPSA) is 48.3 Å². The SMILES string of the molecule is CC1=NC(CN2CCOCC2)C(O)N1C. The van der Waals surface area contributed by atoms with E-state index in [9.17, 15) is 5.11 Å². The van der Waals surface area contributed by atoms with Crippen LogP contribution < -0.4 is 0 Å². The highest BCUT2D eigenvalue weighted by molar-refractivity contribution is 5.81. The molecule has 0 saturated carbocycles. The van der Waals surface area contributed by atoms with Crippen molar-refractivity contribution in [2.45, 2.75) is 19.2 Å². The van der Waals surface area contributed by atoms with Crippen LogP contribution in [0.25, 0.3) is 0 Å². The maximum absolute atomic E-state index is 9.91. The van der Waals surface area contributed by atoms with Gasteiger partial charge in [-0.3, -0.25) is 9.89 Å². The minimum Gasteiger partial charge on any atom is -0.379 e. The Morgan fingerprint density at radius 1 is 1.47 bits per heavy atom. The van der Waals surface area contributed by atoms with Crippen LogP contribution in [0.15, 0.2) is 4.99 Å². The van der Waals surface area contributed by atoms with Gasteiger partial charge >= 0.3 is 0 Å². The fraction of sp³-hybridized carbons (Fsp3) is 0.900. The molecule has 2 aliphatic rings. The van der Waals surface area contributed by atoms with Crippen LogP contribution in [0.1, 0.15) is 6.92 Å².